The second kappa shape index (κ2) is 5.98. The van der Waals surface area contributed by atoms with E-state index in [1.807, 2.05) is 0 Å². The van der Waals surface area contributed by atoms with Crippen molar-refractivity contribution in [1.29, 1.82) is 0 Å². The first kappa shape index (κ1) is 15.7. The number of hydrogen-bond acceptors (Lipinski definition) is 4. The fourth-order valence-electron chi connectivity index (χ4n) is 2.32. The van der Waals surface area contributed by atoms with E-state index in [-0.39, 0.29) is 18.3 Å². The highest BCUT2D eigenvalue weighted by Gasteiger charge is 2.36. The number of carbonyl (C=O) groups is 1. The SMILES string of the molecule is CO[C@H]1C[C@@H](CO)N(C(=O)c2ccc(C(F)(F)F)nc2)C1. The Labute approximate surface area is 119 Å². The molecule has 1 amide bonds. The van der Waals surface area contributed by atoms with Crippen LogP contribution >= 0.6 is 0 Å². The summed E-state index contributed by atoms with van der Waals surface area (Å²) in [5.41, 5.74) is -0.993. The van der Waals surface area contributed by atoms with Crippen molar-refractivity contribution < 1.29 is 27.8 Å². The van der Waals surface area contributed by atoms with E-state index < -0.39 is 23.8 Å². The number of aromatic nitrogens is 1. The smallest absolute Gasteiger partial charge is 0.394 e. The first-order chi connectivity index (χ1) is 9.86. The summed E-state index contributed by atoms with van der Waals surface area (Å²) in [7, 11) is 1.51. The van der Waals surface area contributed by atoms with Crippen molar-refractivity contribution in [3.05, 3.63) is 29.6 Å². The summed E-state index contributed by atoms with van der Waals surface area (Å²) in [6.07, 6.45) is -3.33. The van der Waals surface area contributed by atoms with Crippen LogP contribution in [-0.4, -0.2) is 53.3 Å². The number of hydrogen-bond donors (Lipinski definition) is 1. The van der Waals surface area contributed by atoms with E-state index in [2.05, 4.69) is 4.98 Å². The van der Waals surface area contributed by atoms with Crippen LogP contribution in [0.2, 0.25) is 0 Å². The van der Waals surface area contributed by atoms with Crippen LogP contribution in [0.3, 0.4) is 0 Å². The fraction of sp³-hybridized carbons (Fsp3) is 0.538. The molecule has 0 unspecified atom stereocenters. The Morgan fingerprint density at radius 3 is 2.71 bits per heavy atom. The maximum atomic E-state index is 12.4. The molecule has 116 valence electrons. The highest BCUT2D eigenvalue weighted by atomic mass is 19.4. The zero-order valence-corrected chi connectivity index (χ0v) is 11.3. The number of rotatable bonds is 3. The van der Waals surface area contributed by atoms with Crippen molar-refractivity contribution in [2.24, 2.45) is 0 Å². The molecule has 1 fully saturated rings. The lowest BCUT2D eigenvalue weighted by molar-refractivity contribution is -0.141. The van der Waals surface area contributed by atoms with Gasteiger partial charge in [0.1, 0.15) is 5.69 Å². The van der Waals surface area contributed by atoms with E-state index in [1.165, 1.54) is 12.0 Å². The van der Waals surface area contributed by atoms with Crippen LogP contribution in [0.4, 0.5) is 13.2 Å². The van der Waals surface area contributed by atoms with Gasteiger partial charge in [-0.15, -0.1) is 0 Å². The number of aliphatic hydroxyl groups excluding tert-OH is 1. The molecule has 21 heavy (non-hydrogen) atoms. The number of amides is 1. The van der Waals surface area contributed by atoms with Gasteiger partial charge >= 0.3 is 6.18 Å². The number of halogens is 3. The van der Waals surface area contributed by atoms with Gasteiger partial charge in [0.05, 0.1) is 24.3 Å². The minimum atomic E-state index is -4.54. The molecule has 0 aliphatic carbocycles. The lowest BCUT2D eigenvalue weighted by atomic mass is 10.2. The molecule has 1 aliphatic rings. The predicted octanol–water partition coefficient (Wildman–Crippen LogP) is 1.32. The molecule has 0 saturated carbocycles. The maximum absolute atomic E-state index is 12.4. The second-order valence-electron chi connectivity index (χ2n) is 4.82. The van der Waals surface area contributed by atoms with Gasteiger partial charge in [-0.1, -0.05) is 0 Å². The minimum absolute atomic E-state index is 0.0539. The molecule has 2 heterocycles. The molecule has 1 aromatic rings. The third kappa shape index (κ3) is 3.33. The molecule has 0 bridgehead atoms. The van der Waals surface area contributed by atoms with E-state index in [9.17, 15) is 23.1 Å². The first-order valence-corrected chi connectivity index (χ1v) is 6.34. The molecular weight excluding hydrogens is 289 g/mol. The van der Waals surface area contributed by atoms with Gasteiger partial charge in [0, 0.05) is 19.9 Å². The maximum Gasteiger partial charge on any atom is 0.433 e. The lowest BCUT2D eigenvalue weighted by Gasteiger charge is -2.22. The highest BCUT2D eigenvalue weighted by Crippen LogP contribution is 2.28. The van der Waals surface area contributed by atoms with Crippen LogP contribution in [0, 0.1) is 0 Å². The summed E-state index contributed by atoms with van der Waals surface area (Å²) in [5.74, 6) is -0.463. The van der Waals surface area contributed by atoms with Crippen molar-refractivity contribution in [2.45, 2.75) is 24.7 Å². The number of pyridine rings is 1. The van der Waals surface area contributed by atoms with Gasteiger partial charge in [-0.3, -0.25) is 9.78 Å². The molecule has 1 aromatic heterocycles. The zero-order valence-electron chi connectivity index (χ0n) is 11.3. The summed E-state index contributed by atoms with van der Waals surface area (Å²) in [6, 6.07) is 1.46. The Hall–Kier alpha value is -1.67. The molecule has 1 aliphatic heterocycles. The third-order valence-electron chi connectivity index (χ3n) is 3.48. The molecule has 1 saturated heterocycles. The molecular formula is C13H15F3N2O3. The van der Waals surface area contributed by atoms with Crippen LogP contribution < -0.4 is 0 Å². The number of methoxy groups -OCH3 is 1. The van der Waals surface area contributed by atoms with Gasteiger partial charge in [-0.05, 0) is 18.6 Å². The van der Waals surface area contributed by atoms with Crippen molar-refractivity contribution in [3.63, 3.8) is 0 Å². The largest absolute Gasteiger partial charge is 0.433 e. The Bertz CT molecular complexity index is 504. The van der Waals surface area contributed by atoms with Gasteiger partial charge in [-0.2, -0.15) is 13.2 Å². The number of likely N-dealkylation sites (tertiary alicyclic amines) is 1. The third-order valence-corrected chi connectivity index (χ3v) is 3.48. The second-order valence-corrected chi connectivity index (χ2v) is 4.82. The zero-order chi connectivity index (χ0) is 15.6. The fourth-order valence-corrected chi connectivity index (χ4v) is 2.32. The summed E-state index contributed by atoms with van der Waals surface area (Å²) >= 11 is 0. The Kier molecular flexibility index (Phi) is 4.48. The summed E-state index contributed by atoms with van der Waals surface area (Å²) in [4.78, 5) is 16.9. The van der Waals surface area contributed by atoms with Gasteiger partial charge < -0.3 is 14.7 Å². The monoisotopic (exact) mass is 304 g/mol. The van der Waals surface area contributed by atoms with Crippen LogP contribution in [0.5, 0.6) is 0 Å². The topological polar surface area (TPSA) is 62.7 Å². The van der Waals surface area contributed by atoms with Gasteiger partial charge in [0.15, 0.2) is 0 Å². The van der Waals surface area contributed by atoms with Crippen LogP contribution in [0.15, 0.2) is 18.3 Å². The molecule has 2 rings (SSSR count). The van der Waals surface area contributed by atoms with Crippen LogP contribution in [-0.2, 0) is 10.9 Å². The molecule has 5 nitrogen and oxygen atoms in total. The number of nitrogens with zero attached hydrogens (tertiary/aromatic N) is 2. The molecule has 0 spiro atoms. The summed E-state index contributed by atoms with van der Waals surface area (Å²) in [6.45, 7) is 0.0707. The molecule has 2 atom stereocenters. The number of aliphatic hydroxyl groups is 1. The quantitative estimate of drug-likeness (QED) is 0.915. The van der Waals surface area contributed by atoms with E-state index in [0.717, 1.165) is 18.3 Å². The van der Waals surface area contributed by atoms with E-state index in [0.29, 0.717) is 13.0 Å². The van der Waals surface area contributed by atoms with Gasteiger partial charge in [0.25, 0.3) is 5.91 Å². The number of alkyl halides is 3. The van der Waals surface area contributed by atoms with E-state index in [4.69, 9.17) is 4.74 Å². The van der Waals surface area contributed by atoms with Crippen LogP contribution in [0.25, 0.3) is 0 Å². The van der Waals surface area contributed by atoms with Crippen molar-refractivity contribution in [3.8, 4) is 0 Å². The Balaban J connectivity index is 2.16. The normalized spacial score (nSPS) is 22.6. The Morgan fingerprint density at radius 1 is 1.52 bits per heavy atom. The molecule has 0 aromatic carbocycles. The van der Waals surface area contributed by atoms with Gasteiger partial charge in [-0.25, -0.2) is 0 Å². The number of ether oxygens (including phenoxy) is 1. The first-order valence-electron chi connectivity index (χ1n) is 6.34. The van der Waals surface area contributed by atoms with E-state index in [1.54, 1.807) is 0 Å². The Morgan fingerprint density at radius 2 is 2.24 bits per heavy atom. The molecule has 8 heteroatoms. The summed E-state index contributed by atoms with van der Waals surface area (Å²) < 4.78 is 42.4. The average Bonchev–Trinajstić information content (AvgIpc) is 2.89. The van der Waals surface area contributed by atoms with E-state index >= 15 is 0 Å². The predicted molar refractivity (Wildman–Crippen MR) is 66.6 cm³/mol. The lowest BCUT2D eigenvalue weighted by Crippen LogP contribution is -2.38. The minimum Gasteiger partial charge on any atom is -0.394 e. The summed E-state index contributed by atoms with van der Waals surface area (Å²) in [5, 5.41) is 9.28. The number of carbonyl (C=O) groups excluding carboxylic acids is 1. The van der Waals surface area contributed by atoms with Crippen molar-refractivity contribution in [1.82, 2.24) is 9.88 Å². The van der Waals surface area contributed by atoms with Crippen molar-refractivity contribution in [2.75, 3.05) is 20.3 Å². The average molecular weight is 304 g/mol. The van der Waals surface area contributed by atoms with Gasteiger partial charge in [0.2, 0.25) is 0 Å². The molecule has 0 radical (unpaired) electrons. The van der Waals surface area contributed by atoms with Crippen LogP contribution in [0.1, 0.15) is 22.5 Å². The standard InChI is InChI=1S/C13H15F3N2O3/c1-21-10-4-9(7-19)18(6-10)12(20)8-2-3-11(17-5-8)13(14,15)16/h2-3,5,9-10,19H,4,6-7H2,1H3/t9-,10-/m0/s1. The molecule has 1 N–H and O–H groups in total. The van der Waals surface area contributed by atoms with Crippen molar-refractivity contribution >= 4 is 5.91 Å². The highest BCUT2D eigenvalue weighted by molar-refractivity contribution is 5.94.